The number of ether oxygens (including phenoxy) is 1. The van der Waals surface area contributed by atoms with Crippen molar-refractivity contribution in [2.45, 2.75) is 0 Å². The number of rotatable bonds is 2. The first-order chi connectivity index (χ1) is 5.70. The summed E-state index contributed by atoms with van der Waals surface area (Å²) in [4.78, 5) is 10.6. The molecule has 0 fully saturated rings. The molecule has 0 aliphatic rings. The molecule has 0 saturated heterocycles. The number of hydrogen-bond donors (Lipinski definition) is 0. The van der Waals surface area contributed by atoms with Crippen LogP contribution in [0.4, 0.5) is 0 Å². The lowest BCUT2D eigenvalue weighted by molar-refractivity contribution is 0.112. The SMILES string of the molecule is COc1c(Br)ccc(Br)c1C=O. The van der Waals surface area contributed by atoms with E-state index in [0.717, 1.165) is 15.2 Å². The summed E-state index contributed by atoms with van der Waals surface area (Å²) in [6, 6.07) is 3.60. The van der Waals surface area contributed by atoms with E-state index >= 15 is 0 Å². The minimum absolute atomic E-state index is 0.520. The molecule has 0 bridgehead atoms. The highest BCUT2D eigenvalue weighted by Gasteiger charge is 2.09. The third-order valence-electron chi connectivity index (χ3n) is 1.42. The lowest BCUT2D eigenvalue weighted by Crippen LogP contribution is -1.92. The molecule has 0 atom stereocenters. The monoisotopic (exact) mass is 292 g/mol. The Morgan fingerprint density at radius 2 is 1.92 bits per heavy atom. The molecule has 0 N–H and O–H groups in total. The van der Waals surface area contributed by atoms with E-state index in [2.05, 4.69) is 31.9 Å². The highest BCUT2D eigenvalue weighted by atomic mass is 79.9. The number of halogens is 2. The standard InChI is InChI=1S/C8H6Br2O2/c1-12-8-5(4-11)6(9)2-3-7(8)10/h2-4H,1H3. The van der Waals surface area contributed by atoms with Gasteiger partial charge in [-0.2, -0.15) is 0 Å². The molecule has 0 saturated carbocycles. The molecule has 0 spiro atoms. The minimum atomic E-state index is 0.520. The van der Waals surface area contributed by atoms with Crippen LogP contribution in [0.3, 0.4) is 0 Å². The first-order valence-electron chi connectivity index (χ1n) is 3.18. The topological polar surface area (TPSA) is 26.3 Å². The summed E-state index contributed by atoms with van der Waals surface area (Å²) in [6.45, 7) is 0. The maximum absolute atomic E-state index is 10.6. The molecule has 1 aromatic carbocycles. The minimum Gasteiger partial charge on any atom is -0.495 e. The molecule has 0 amide bonds. The Morgan fingerprint density at radius 3 is 2.33 bits per heavy atom. The zero-order valence-electron chi connectivity index (χ0n) is 6.30. The van der Waals surface area contributed by atoms with E-state index in [-0.39, 0.29) is 0 Å². The second-order valence-electron chi connectivity index (χ2n) is 2.09. The highest BCUT2D eigenvalue weighted by Crippen LogP contribution is 2.32. The molecule has 0 unspecified atom stereocenters. The smallest absolute Gasteiger partial charge is 0.154 e. The summed E-state index contributed by atoms with van der Waals surface area (Å²) in [5.74, 6) is 0.555. The second kappa shape index (κ2) is 4.05. The number of hydrogen-bond acceptors (Lipinski definition) is 2. The van der Waals surface area contributed by atoms with Gasteiger partial charge in [0.25, 0.3) is 0 Å². The van der Waals surface area contributed by atoms with Gasteiger partial charge >= 0.3 is 0 Å². The Kier molecular flexibility index (Phi) is 3.29. The lowest BCUT2D eigenvalue weighted by atomic mass is 10.2. The summed E-state index contributed by atoms with van der Waals surface area (Å²) in [5.41, 5.74) is 0.520. The molecule has 0 radical (unpaired) electrons. The fourth-order valence-corrected chi connectivity index (χ4v) is 1.78. The van der Waals surface area contributed by atoms with E-state index in [1.165, 1.54) is 7.11 Å². The van der Waals surface area contributed by atoms with Crippen LogP contribution in [-0.2, 0) is 0 Å². The molecule has 64 valence electrons. The van der Waals surface area contributed by atoms with Gasteiger partial charge in [-0.3, -0.25) is 4.79 Å². The summed E-state index contributed by atoms with van der Waals surface area (Å²) in [5, 5.41) is 0. The van der Waals surface area contributed by atoms with Crippen LogP contribution in [0.1, 0.15) is 10.4 Å². The van der Waals surface area contributed by atoms with Gasteiger partial charge in [0, 0.05) is 4.47 Å². The predicted octanol–water partition coefficient (Wildman–Crippen LogP) is 3.03. The van der Waals surface area contributed by atoms with Gasteiger partial charge in [-0.05, 0) is 44.0 Å². The van der Waals surface area contributed by atoms with Crippen LogP contribution in [0.2, 0.25) is 0 Å². The molecule has 1 rings (SSSR count). The molecule has 4 heteroatoms. The summed E-state index contributed by atoms with van der Waals surface area (Å²) >= 11 is 6.53. The van der Waals surface area contributed by atoms with Gasteiger partial charge in [-0.25, -0.2) is 0 Å². The van der Waals surface area contributed by atoms with Crippen molar-refractivity contribution in [3.05, 3.63) is 26.6 Å². The van der Waals surface area contributed by atoms with E-state index in [9.17, 15) is 4.79 Å². The maximum atomic E-state index is 10.6. The van der Waals surface area contributed by atoms with Crippen LogP contribution in [0.25, 0.3) is 0 Å². The van der Waals surface area contributed by atoms with Gasteiger partial charge in [-0.1, -0.05) is 0 Å². The Morgan fingerprint density at radius 1 is 1.33 bits per heavy atom. The zero-order valence-corrected chi connectivity index (χ0v) is 9.48. The fourth-order valence-electron chi connectivity index (χ4n) is 0.866. The van der Waals surface area contributed by atoms with Gasteiger partial charge in [0.1, 0.15) is 5.75 Å². The van der Waals surface area contributed by atoms with Crippen molar-refractivity contribution in [1.29, 1.82) is 0 Å². The molecule has 1 aromatic rings. The van der Waals surface area contributed by atoms with Gasteiger partial charge in [0.15, 0.2) is 6.29 Å². The Bertz CT molecular complexity index is 310. The van der Waals surface area contributed by atoms with E-state index in [0.29, 0.717) is 11.3 Å². The van der Waals surface area contributed by atoms with Crippen molar-refractivity contribution in [1.82, 2.24) is 0 Å². The van der Waals surface area contributed by atoms with Crippen LogP contribution in [0.5, 0.6) is 5.75 Å². The molecule has 0 aliphatic heterocycles. The van der Waals surface area contributed by atoms with Crippen LogP contribution in [0, 0.1) is 0 Å². The van der Waals surface area contributed by atoms with E-state index in [4.69, 9.17) is 4.74 Å². The van der Waals surface area contributed by atoms with E-state index in [1.54, 1.807) is 6.07 Å². The van der Waals surface area contributed by atoms with Crippen molar-refractivity contribution in [2.75, 3.05) is 7.11 Å². The first kappa shape index (κ1) is 9.74. The fraction of sp³-hybridized carbons (Fsp3) is 0.125. The van der Waals surface area contributed by atoms with Crippen LogP contribution >= 0.6 is 31.9 Å². The number of benzene rings is 1. The van der Waals surface area contributed by atoms with Crippen LogP contribution in [-0.4, -0.2) is 13.4 Å². The molecule has 0 aromatic heterocycles. The Labute approximate surface area is 87.2 Å². The van der Waals surface area contributed by atoms with Gasteiger partial charge in [0.2, 0.25) is 0 Å². The summed E-state index contributed by atoms with van der Waals surface area (Å²) in [6.07, 6.45) is 0.758. The molecule has 0 heterocycles. The molecule has 12 heavy (non-hydrogen) atoms. The number of methoxy groups -OCH3 is 1. The third kappa shape index (κ3) is 1.69. The predicted molar refractivity (Wildman–Crippen MR) is 53.8 cm³/mol. The number of carbonyl (C=O) groups excluding carboxylic acids is 1. The van der Waals surface area contributed by atoms with Gasteiger partial charge in [0.05, 0.1) is 17.1 Å². The van der Waals surface area contributed by atoms with Gasteiger partial charge in [-0.15, -0.1) is 0 Å². The maximum Gasteiger partial charge on any atom is 0.154 e. The van der Waals surface area contributed by atoms with E-state index < -0.39 is 0 Å². The Hall–Kier alpha value is -0.350. The lowest BCUT2D eigenvalue weighted by Gasteiger charge is -2.06. The van der Waals surface area contributed by atoms with Gasteiger partial charge < -0.3 is 4.74 Å². The largest absolute Gasteiger partial charge is 0.495 e. The van der Waals surface area contributed by atoms with Crippen LogP contribution < -0.4 is 4.74 Å². The highest BCUT2D eigenvalue weighted by molar-refractivity contribution is 9.11. The summed E-state index contributed by atoms with van der Waals surface area (Å²) < 4.78 is 6.55. The van der Waals surface area contributed by atoms with Crippen molar-refractivity contribution in [3.63, 3.8) is 0 Å². The molecule has 0 aliphatic carbocycles. The van der Waals surface area contributed by atoms with Crippen molar-refractivity contribution >= 4 is 38.1 Å². The molecular weight excluding hydrogens is 288 g/mol. The number of aldehydes is 1. The van der Waals surface area contributed by atoms with Crippen LogP contribution in [0.15, 0.2) is 21.1 Å². The van der Waals surface area contributed by atoms with Crippen molar-refractivity contribution in [3.8, 4) is 5.75 Å². The average molecular weight is 294 g/mol. The van der Waals surface area contributed by atoms with E-state index in [1.807, 2.05) is 6.07 Å². The quantitative estimate of drug-likeness (QED) is 0.784. The average Bonchev–Trinajstić information content (AvgIpc) is 2.08. The Balaban J connectivity index is 3.38. The second-order valence-corrected chi connectivity index (χ2v) is 3.80. The molecule has 2 nitrogen and oxygen atoms in total. The first-order valence-corrected chi connectivity index (χ1v) is 4.76. The molecular formula is C8H6Br2O2. The third-order valence-corrected chi connectivity index (χ3v) is 2.73. The normalized spacial score (nSPS) is 9.58. The number of carbonyl (C=O) groups is 1. The summed E-state index contributed by atoms with van der Waals surface area (Å²) in [7, 11) is 1.53. The zero-order chi connectivity index (χ0) is 9.14. The van der Waals surface area contributed by atoms with Crippen molar-refractivity contribution in [2.24, 2.45) is 0 Å². The van der Waals surface area contributed by atoms with Crippen molar-refractivity contribution < 1.29 is 9.53 Å².